The number of alkyl halides is 3. The summed E-state index contributed by atoms with van der Waals surface area (Å²) in [5.74, 6) is -1.67. The van der Waals surface area contributed by atoms with Crippen LogP contribution in [0, 0.1) is 0 Å². The van der Waals surface area contributed by atoms with Crippen LogP contribution < -0.4 is 10.6 Å². The molecule has 0 saturated heterocycles. The van der Waals surface area contributed by atoms with Gasteiger partial charge in [-0.2, -0.15) is 13.2 Å². The number of carbonyl (C=O) groups is 2. The third-order valence-corrected chi connectivity index (χ3v) is 11.0. The number of nitrogens with one attached hydrogen (secondary N) is 2. The van der Waals surface area contributed by atoms with Gasteiger partial charge in [0.1, 0.15) is 27.7 Å². The van der Waals surface area contributed by atoms with E-state index in [0.29, 0.717) is 9.87 Å². The molecule has 1 atom stereocenters. The molecule has 0 aliphatic carbocycles. The second-order valence-electron chi connectivity index (χ2n) is 12.8. The number of rotatable bonds is 8. The van der Waals surface area contributed by atoms with Gasteiger partial charge < -0.3 is 20.8 Å². The van der Waals surface area contributed by atoms with E-state index in [-0.39, 0.29) is 22.7 Å². The fraction of sp³-hybridized carbons (Fsp3) is 0.419. The molecule has 2 amide bonds. The zero-order chi connectivity index (χ0) is 36.5. The Morgan fingerprint density at radius 2 is 1.04 bits per heavy atom. The van der Waals surface area contributed by atoms with Crippen LogP contribution in [0.25, 0.3) is 9.81 Å². The lowest BCUT2D eigenvalue weighted by atomic mass is 10.1. The van der Waals surface area contributed by atoms with Crippen molar-refractivity contribution in [1.82, 2.24) is 19.2 Å². The Balaban J connectivity index is 0.000000260. The van der Waals surface area contributed by atoms with Gasteiger partial charge in [-0.3, -0.25) is 9.59 Å². The van der Waals surface area contributed by atoms with Crippen LogP contribution in [0.2, 0.25) is 0 Å². The van der Waals surface area contributed by atoms with Gasteiger partial charge in [-0.1, -0.05) is 60.7 Å². The molecule has 48 heavy (non-hydrogen) atoms. The molecular weight excluding hydrogens is 677 g/mol. The molecule has 0 saturated carbocycles. The topological polar surface area (TPSA) is 173 Å². The molecular formula is C31H39F3N4O8S2. The van der Waals surface area contributed by atoms with Crippen LogP contribution in [0.5, 0.6) is 0 Å². The molecule has 2 aromatic rings. The number of aliphatic hydroxyl groups is 2. The predicted octanol–water partition coefficient (Wildman–Crippen LogP) is 2.75. The van der Waals surface area contributed by atoms with Gasteiger partial charge in [0.25, 0.3) is 31.9 Å². The zero-order valence-electron chi connectivity index (χ0n) is 27.2. The molecule has 0 radical (unpaired) electrons. The smallest absolute Gasteiger partial charge is 0.394 e. The van der Waals surface area contributed by atoms with Gasteiger partial charge in [-0.25, -0.2) is 25.4 Å². The summed E-state index contributed by atoms with van der Waals surface area (Å²) in [6.45, 7) is 7.27. The monoisotopic (exact) mass is 716 g/mol. The van der Waals surface area contributed by atoms with E-state index in [2.05, 4.69) is 5.32 Å². The molecule has 2 aliphatic heterocycles. The number of sulfonamides is 2. The van der Waals surface area contributed by atoms with E-state index in [1.807, 2.05) is 5.32 Å². The van der Waals surface area contributed by atoms with Gasteiger partial charge in [-0.15, -0.1) is 0 Å². The fourth-order valence-corrected chi connectivity index (χ4v) is 9.07. The van der Waals surface area contributed by atoms with Crippen molar-refractivity contribution in [3.63, 3.8) is 0 Å². The Kier molecular flexibility index (Phi) is 11.1. The van der Waals surface area contributed by atoms with Gasteiger partial charge in [0.15, 0.2) is 0 Å². The van der Waals surface area contributed by atoms with E-state index in [9.17, 15) is 44.7 Å². The Morgan fingerprint density at radius 1 is 0.688 bits per heavy atom. The molecule has 0 aromatic heterocycles. The summed E-state index contributed by atoms with van der Waals surface area (Å²) in [5, 5.41) is 23.1. The van der Waals surface area contributed by atoms with Crippen LogP contribution in [0.3, 0.4) is 0 Å². The first-order valence-corrected chi connectivity index (χ1v) is 17.5. The van der Waals surface area contributed by atoms with E-state index in [0.717, 1.165) is 4.31 Å². The van der Waals surface area contributed by atoms with Crippen molar-refractivity contribution in [1.29, 1.82) is 0 Å². The third kappa shape index (κ3) is 8.19. The van der Waals surface area contributed by atoms with Crippen LogP contribution in [0.4, 0.5) is 13.2 Å². The van der Waals surface area contributed by atoms with Crippen LogP contribution in [-0.4, -0.2) is 90.5 Å². The molecule has 2 aromatic carbocycles. The number of halogens is 3. The minimum absolute atomic E-state index is 0.0939. The van der Waals surface area contributed by atoms with Crippen molar-refractivity contribution >= 4 is 41.7 Å². The van der Waals surface area contributed by atoms with Crippen LogP contribution >= 0.6 is 0 Å². The first-order valence-electron chi connectivity index (χ1n) is 14.6. The van der Waals surface area contributed by atoms with Crippen LogP contribution in [0.1, 0.15) is 52.7 Å². The van der Waals surface area contributed by atoms with E-state index in [1.54, 1.807) is 69.3 Å². The molecule has 12 nitrogen and oxygen atoms in total. The summed E-state index contributed by atoms with van der Waals surface area (Å²) in [6, 6.07) is 15.9. The summed E-state index contributed by atoms with van der Waals surface area (Å²) in [6.07, 6.45) is -5.69. The zero-order valence-corrected chi connectivity index (χ0v) is 28.8. The highest BCUT2D eigenvalue weighted by molar-refractivity contribution is 8.00. The molecule has 264 valence electrons. The summed E-state index contributed by atoms with van der Waals surface area (Å²) < 4.78 is 90.6. The predicted molar refractivity (Wildman–Crippen MR) is 173 cm³/mol. The second-order valence-corrected chi connectivity index (χ2v) is 16.3. The first-order chi connectivity index (χ1) is 22.0. The molecule has 17 heteroatoms. The SMILES string of the molecule is CC(C)(C)N1C(=O)C(NCC(F)(F)F)=C(c2ccccc2)S1(=O)=O.CC(C)(C)N1C(=O)C(NCC(O)CO)=C(c2ccccc2)S1(=O)=O. The molecule has 2 aliphatic rings. The number of amides is 2. The number of nitrogens with zero attached hydrogens (tertiary/aromatic N) is 2. The molecule has 1 unspecified atom stereocenters. The molecule has 0 fully saturated rings. The van der Waals surface area contributed by atoms with Gasteiger partial charge in [0, 0.05) is 6.54 Å². The minimum Gasteiger partial charge on any atom is -0.394 e. The van der Waals surface area contributed by atoms with Crippen molar-refractivity contribution in [2.45, 2.75) is 64.9 Å². The molecule has 4 N–H and O–H groups in total. The lowest BCUT2D eigenvalue weighted by molar-refractivity contribution is -0.129. The fourth-order valence-electron chi connectivity index (χ4n) is 4.94. The van der Waals surface area contributed by atoms with Gasteiger partial charge in [-0.05, 0) is 52.7 Å². The molecule has 2 heterocycles. The van der Waals surface area contributed by atoms with Crippen LogP contribution in [-0.2, 0) is 29.6 Å². The maximum atomic E-state index is 13.0. The van der Waals surface area contributed by atoms with Gasteiger partial charge >= 0.3 is 6.18 Å². The maximum absolute atomic E-state index is 13.0. The van der Waals surface area contributed by atoms with E-state index < -0.39 is 79.0 Å². The number of benzene rings is 2. The Labute approximate surface area is 278 Å². The number of hydrogen-bond acceptors (Lipinski definition) is 10. The highest BCUT2D eigenvalue weighted by Gasteiger charge is 2.51. The molecule has 0 spiro atoms. The van der Waals surface area contributed by atoms with Crippen molar-refractivity contribution in [2.75, 3.05) is 19.7 Å². The van der Waals surface area contributed by atoms with Gasteiger partial charge in [0.2, 0.25) is 0 Å². The molecule has 0 bridgehead atoms. The minimum atomic E-state index is -4.59. The molecule has 4 rings (SSSR count). The van der Waals surface area contributed by atoms with Crippen LogP contribution in [0.15, 0.2) is 72.1 Å². The summed E-state index contributed by atoms with van der Waals surface area (Å²) >= 11 is 0. The van der Waals surface area contributed by atoms with E-state index in [1.165, 1.54) is 32.9 Å². The maximum Gasteiger partial charge on any atom is 0.405 e. The second kappa shape index (κ2) is 13.9. The van der Waals surface area contributed by atoms with Gasteiger partial charge in [0.05, 0.1) is 23.8 Å². The number of hydrogen-bond donors (Lipinski definition) is 4. The van der Waals surface area contributed by atoms with Crippen molar-refractivity contribution in [3.8, 4) is 0 Å². The summed E-state index contributed by atoms with van der Waals surface area (Å²) in [4.78, 5) is 24.7. The third-order valence-electron chi connectivity index (χ3n) is 6.73. The summed E-state index contributed by atoms with van der Waals surface area (Å²) in [5.41, 5.74) is -2.16. The largest absolute Gasteiger partial charge is 0.405 e. The Bertz CT molecular complexity index is 1800. The first kappa shape index (κ1) is 38.5. The van der Waals surface area contributed by atoms with E-state index in [4.69, 9.17) is 5.11 Å². The Hall–Kier alpha value is -3.93. The highest BCUT2D eigenvalue weighted by Crippen LogP contribution is 2.40. The Morgan fingerprint density at radius 3 is 1.35 bits per heavy atom. The van der Waals surface area contributed by atoms with Crippen molar-refractivity contribution < 1.29 is 49.8 Å². The summed E-state index contributed by atoms with van der Waals surface area (Å²) in [7, 11) is -8.31. The lowest BCUT2D eigenvalue weighted by Gasteiger charge is -2.30. The number of carbonyl (C=O) groups excluding carboxylic acids is 2. The number of aliphatic hydroxyl groups excluding tert-OH is 2. The lowest BCUT2D eigenvalue weighted by Crippen LogP contribution is -2.47. The average molecular weight is 717 g/mol. The van der Waals surface area contributed by atoms with Crippen molar-refractivity contribution in [2.24, 2.45) is 0 Å². The normalized spacial score (nSPS) is 18.6. The highest BCUT2D eigenvalue weighted by atomic mass is 32.2. The quantitative estimate of drug-likeness (QED) is 0.318. The van der Waals surface area contributed by atoms with Crippen molar-refractivity contribution in [3.05, 3.63) is 83.2 Å². The average Bonchev–Trinajstić information content (AvgIpc) is 3.30. The van der Waals surface area contributed by atoms with E-state index >= 15 is 0 Å². The standard InChI is InChI=1S/C16H22N2O5S.C15H17F3N2O3S/c1-16(2,3)18-15(21)13(17-9-12(20)10-19)14(24(18,22)23)11-7-5-4-6-8-11;1-14(2,3)20-13(21)11(19-9-15(16,17)18)12(24(20,22)23)10-7-5-4-6-8-10/h4-8,12,17,19-20H,9-10H2,1-3H3;4-8,19H,9H2,1-3H3.